The molecule has 9 nitrogen and oxygen atoms in total. The molecule has 0 bridgehead atoms. The predicted molar refractivity (Wildman–Crippen MR) is 85.7 cm³/mol. The van der Waals surface area contributed by atoms with E-state index in [4.69, 9.17) is 0 Å². The molecule has 2 aromatic rings. The van der Waals surface area contributed by atoms with Crippen LogP contribution in [0.3, 0.4) is 0 Å². The average molecular weight is 316 g/mol. The summed E-state index contributed by atoms with van der Waals surface area (Å²) in [5, 5.41) is 22.3. The van der Waals surface area contributed by atoms with Crippen molar-refractivity contribution in [2.24, 2.45) is 5.10 Å². The molecule has 1 aromatic heterocycles. The Labute approximate surface area is 131 Å². The molecule has 0 amide bonds. The van der Waals surface area contributed by atoms with Crippen LogP contribution < -0.4 is 11.0 Å². The van der Waals surface area contributed by atoms with Gasteiger partial charge in [0.1, 0.15) is 5.69 Å². The molecule has 23 heavy (non-hydrogen) atoms. The van der Waals surface area contributed by atoms with Crippen molar-refractivity contribution in [1.82, 2.24) is 15.2 Å². The fourth-order valence-corrected chi connectivity index (χ4v) is 1.76. The number of anilines is 1. The first kappa shape index (κ1) is 16.3. The van der Waals surface area contributed by atoms with Crippen molar-refractivity contribution >= 4 is 17.9 Å². The van der Waals surface area contributed by atoms with Crippen LogP contribution in [-0.2, 0) is 5.41 Å². The largest absolute Gasteiger partial charge is 0.288 e. The van der Waals surface area contributed by atoms with Crippen LogP contribution in [0.4, 0.5) is 11.6 Å². The van der Waals surface area contributed by atoms with Gasteiger partial charge >= 0.3 is 0 Å². The normalized spacial score (nSPS) is 11.6. The number of nitrogens with one attached hydrogen (secondary N) is 2. The molecule has 2 N–H and O–H groups in total. The van der Waals surface area contributed by atoms with E-state index in [1.807, 2.05) is 20.8 Å². The monoisotopic (exact) mass is 316 g/mol. The van der Waals surface area contributed by atoms with Crippen molar-refractivity contribution in [2.45, 2.75) is 26.2 Å². The Bertz CT molecular complexity index is 807. The summed E-state index contributed by atoms with van der Waals surface area (Å²) in [5.74, 6) is 0.0877. The van der Waals surface area contributed by atoms with Crippen molar-refractivity contribution in [1.29, 1.82) is 0 Å². The lowest BCUT2D eigenvalue weighted by atomic mass is 9.93. The Kier molecular flexibility index (Phi) is 4.49. The third kappa shape index (κ3) is 4.19. The smallest absolute Gasteiger partial charge is 0.274 e. The van der Waals surface area contributed by atoms with Gasteiger partial charge in [0.25, 0.3) is 11.2 Å². The zero-order valence-electron chi connectivity index (χ0n) is 12.9. The van der Waals surface area contributed by atoms with Gasteiger partial charge in [0, 0.05) is 23.1 Å². The molecule has 0 atom stereocenters. The van der Waals surface area contributed by atoms with Crippen LogP contribution in [0.25, 0.3) is 0 Å². The van der Waals surface area contributed by atoms with Gasteiger partial charge in [-0.3, -0.25) is 19.9 Å². The SMILES string of the molecule is CC(C)(C)c1nnc(N/N=C\c2cccc([N+](=O)[O-])c2)[nH]c1=O. The van der Waals surface area contributed by atoms with E-state index in [0.717, 1.165) is 0 Å². The highest BCUT2D eigenvalue weighted by atomic mass is 16.6. The van der Waals surface area contributed by atoms with Crippen LogP contribution in [0.1, 0.15) is 32.0 Å². The average Bonchev–Trinajstić information content (AvgIpc) is 2.46. The molecule has 1 heterocycles. The molecule has 0 fully saturated rings. The van der Waals surface area contributed by atoms with Gasteiger partial charge in [-0.15, -0.1) is 10.2 Å². The minimum absolute atomic E-state index is 0.0309. The van der Waals surface area contributed by atoms with Crippen molar-refractivity contribution in [3.63, 3.8) is 0 Å². The molecule has 0 saturated heterocycles. The van der Waals surface area contributed by atoms with Crippen LogP contribution in [0.15, 0.2) is 34.2 Å². The molecule has 0 aliphatic heterocycles. The minimum atomic E-state index is -0.487. The number of non-ortho nitro benzene ring substituents is 1. The van der Waals surface area contributed by atoms with Crippen molar-refractivity contribution in [3.8, 4) is 0 Å². The zero-order valence-corrected chi connectivity index (χ0v) is 12.9. The quantitative estimate of drug-likeness (QED) is 0.503. The van der Waals surface area contributed by atoms with Gasteiger partial charge in [-0.25, -0.2) is 5.43 Å². The number of nitrogens with zero attached hydrogens (tertiary/aromatic N) is 4. The first-order valence-electron chi connectivity index (χ1n) is 6.78. The molecule has 2 rings (SSSR count). The Morgan fingerprint density at radius 2 is 2.09 bits per heavy atom. The first-order valence-corrected chi connectivity index (χ1v) is 6.78. The lowest BCUT2D eigenvalue weighted by Gasteiger charge is -2.15. The second kappa shape index (κ2) is 6.34. The summed E-state index contributed by atoms with van der Waals surface area (Å²) >= 11 is 0. The first-order chi connectivity index (χ1) is 10.8. The second-order valence-electron chi connectivity index (χ2n) is 5.82. The maximum Gasteiger partial charge on any atom is 0.274 e. The Morgan fingerprint density at radius 1 is 1.35 bits per heavy atom. The highest BCUT2D eigenvalue weighted by Crippen LogP contribution is 2.15. The van der Waals surface area contributed by atoms with Gasteiger partial charge in [-0.05, 0) is 0 Å². The lowest BCUT2D eigenvalue weighted by Crippen LogP contribution is -2.28. The molecule has 1 aromatic carbocycles. The van der Waals surface area contributed by atoms with E-state index < -0.39 is 10.3 Å². The van der Waals surface area contributed by atoms with E-state index in [9.17, 15) is 14.9 Å². The molecule has 0 aliphatic carbocycles. The maximum atomic E-state index is 11.9. The fourth-order valence-electron chi connectivity index (χ4n) is 1.76. The number of nitro benzene ring substituents is 1. The van der Waals surface area contributed by atoms with Crippen molar-refractivity contribution < 1.29 is 4.92 Å². The summed E-state index contributed by atoms with van der Waals surface area (Å²) in [4.78, 5) is 24.6. The Hall–Kier alpha value is -3.10. The number of aromatic nitrogens is 3. The van der Waals surface area contributed by atoms with Crippen molar-refractivity contribution in [2.75, 3.05) is 5.43 Å². The van der Waals surface area contributed by atoms with E-state index in [0.29, 0.717) is 11.3 Å². The summed E-state index contributed by atoms with van der Waals surface area (Å²) in [6.45, 7) is 5.58. The number of rotatable bonds is 4. The number of benzene rings is 1. The van der Waals surface area contributed by atoms with Gasteiger partial charge in [0.15, 0.2) is 0 Å². The van der Waals surface area contributed by atoms with Gasteiger partial charge < -0.3 is 0 Å². The van der Waals surface area contributed by atoms with E-state index >= 15 is 0 Å². The lowest BCUT2D eigenvalue weighted by molar-refractivity contribution is -0.384. The number of nitro groups is 1. The summed E-state index contributed by atoms with van der Waals surface area (Å²) in [7, 11) is 0. The van der Waals surface area contributed by atoms with Gasteiger partial charge in [-0.1, -0.05) is 32.9 Å². The summed E-state index contributed by atoms with van der Waals surface area (Å²) < 4.78 is 0. The van der Waals surface area contributed by atoms with Gasteiger partial charge in [-0.2, -0.15) is 5.10 Å². The van der Waals surface area contributed by atoms with E-state index in [1.165, 1.54) is 18.3 Å². The van der Waals surface area contributed by atoms with E-state index in [-0.39, 0.29) is 17.2 Å². The fraction of sp³-hybridized carbons (Fsp3) is 0.286. The molecule has 0 spiro atoms. The number of hydrogen-bond donors (Lipinski definition) is 2. The van der Waals surface area contributed by atoms with Crippen molar-refractivity contribution in [3.05, 3.63) is 56.0 Å². The molecular formula is C14H16N6O3. The number of hydrogen-bond acceptors (Lipinski definition) is 7. The predicted octanol–water partition coefficient (Wildman–Crippen LogP) is 1.82. The molecular weight excluding hydrogens is 300 g/mol. The summed E-state index contributed by atoms with van der Waals surface area (Å²) in [6.07, 6.45) is 1.38. The molecule has 0 radical (unpaired) electrons. The van der Waals surface area contributed by atoms with Crippen LogP contribution in [-0.4, -0.2) is 26.3 Å². The number of H-pyrrole nitrogens is 1. The Morgan fingerprint density at radius 3 is 2.70 bits per heavy atom. The third-order valence-corrected chi connectivity index (χ3v) is 2.87. The molecule has 0 unspecified atom stereocenters. The Balaban J connectivity index is 2.12. The molecule has 0 saturated carbocycles. The topological polar surface area (TPSA) is 126 Å². The molecule has 0 aliphatic rings. The van der Waals surface area contributed by atoms with Gasteiger partial charge in [0.05, 0.1) is 11.1 Å². The molecule has 120 valence electrons. The summed E-state index contributed by atoms with van der Waals surface area (Å²) in [5.41, 5.74) is 2.60. The van der Waals surface area contributed by atoms with E-state index in [1.54, 1.807) is 12.1 Å². The number of aromatic amines is 1. The second-order valence-corrected chi connectivity index (χ2v) is 5.82. The van der Waals surface area contributed by atoms with E-state index in [2.05, 4.69) is 25.7 Å². The van der Waals surface area contributed by atoms with Gasteiger partial charge in [0.2, 0.25) is 5.95 Å². The minimum Gasteiger partial charge on any atom is -0.288 e. The standard InChI is InChI=1S/C14H16N6O3/c1-14(2,3)11-12(21)16-13(19-17-11)18-15-8-9-5-4-6-10(7-9)20(22)23/h4-8H,1-3H3,(H2,16,18,19,21)/b15-8-. The summed E-state index contributed by atoms with van der Waals surface area (Å²) in [6, 6.07) is 5.98. The van der Waals surface area contributed by atoms with Crippen LogP contribution in [0.5, 0.6) is 0 Å². The zero-order chi connectivity index (χ0) is 17.0. The van der Waals surface area contributed by atoms with Crippen LogP contribution in [0, 0.1) is 10.1 Å². The highest BCUT2D eigenvalue weighted by molar-refractivity contribution is 5.81. The molecule has 9 heteroatoms. The van der Waals surface area contributed by atoms with Crippen LogP contribution in [0.2, 0.25) is 0 Å². The number of hydrazone groups is 1. The maximum absolute atomic E-state index is 11.9. The van der Waals surface area contributed by atoms with Crippen LogP contribution >= 0.6 is 0 Å². The highest BCUT2D eigenvalue weighted by Gasteiger charge is 2.20. The third-order valence-electron chi connectivity index (χ3n) is 2.87.